The molecule has 3 rings (SSSR count). The highest BCUT2D eigenvalue weighted by Gasteiger charge is 2.25. The molecule has 3 N–H and O–H groups in total. The van der Waals surface area contributed by atoms with Crippen LogP contribution in [0.1, 0.15) is 18.1 Å². The fourth-order valence-electron chi connectivity index (χ4n) is 3.03. The van der Waals surface area contributed by atoms with E-state index in [-0.39, 0.29) is 24.3 Å². The van der Waals surface area contributed by atoms with Gasteiger partial charge in [-0.2, -0.15) is 0 Å². The largest absolute Gasteiger partial charge is 0.350 e. The Kier molecular flexibility index (Phi) is 7.54. The summed E-state index contributed by atoms with van der Waals surface area (Å²) in [6.45, 7) is 2.07. The first-order valence-electron chi connectivity index (χ1n) is 9.85. The van der Waals surface area contributed by atoms with Gasteiger partial charge in [0.15, 0.2) is 0 Å². The van der Waals surface area contributed by atoms with E-state index < -0.39 is 6.04 Å². The average molecular weight is 462 g/mol. The Morgan fingerprint density at radius 3 is 2.58 bits per heavy atom. The van der Waals surface area contributed by atoms with Crippen LogP contribution in [-0.4, -0.2) is 52.9 Å². The maximum absolute atomic E-state index is 13.0. The third kappa shape index (κ3) is 5.97. The van der Waals surface area contributed by atoms with Gasteiger partial charge in [-0.15, -0.1) is 0 Å². The fraction of sp³-hybridized carbons (Fsp3) is 0.318. The van der Waals surface area contributed by atoms with Crippen LogP contribution in [0.15, 0.2) is 42.7 Å². The van der Waals surface area contributed by atoms with Crippen molar-refractivity contribution in [1.82, 2.24) is 25.5 Å². The summed E-state index contributed by atoms with van der Waals surface area (Å²) in [6, 6.07) is 7.90. The maximum atomic E-state index is 13.0. The van der Waals surface area contributed by atoms with Gasteiger partial charge in [0.1, 0.15) is 11.7 Å². The smallest absolute Gasteiger partial charge is 0.243 e. The van der Waals surface area contributed by atoms with Crippen molar-refractivity contribution in [3.63, 3.8) is 0 Å². The van der Waals surface area contributed by atoms with Crippen molar-refractivity contribution in [3.05, 3.63) is 63.9 Å². The summed E-state index contributed by atoms with van der Waals surface area (Å²) in [5.41, 5.74) is 2.45. The Labute approximate surface area is 191 Å². The van der Waals surface area contributed by atoms with E-state index in [4.69, 9.17) is 23.2 Å². The van der Waals surface area contributed by atoms with Gasteiger partial charge >= 0.3 is 0 Å². The van der Waals surface area contributed by atoms with E-state index in [0.29, 0.717) is 16.6 Å². The van der Waals surface area contributed by atoms with Crippen LogP contribution >= 0.6 is 23.2 Å². The van der Waals surface area contributed by atoms with Crippen molar-refractivity contribution < 1.29 is 9.59 Å². The number of halogens is 2. The van der Waals surface area contributed by atoms with Crippen LogP contribution in [0.3, 0.4) is 0 Å². The normalized spacial score (nSPS) is 13.2. The molecule has 0 bridgehead atoms. The molecule has 0 spiro atoms. The highest BCUT2D eigenvalue weighted by molar-refractivity contribution is 6.42. The highest BCUT2D eigenvalue weighted by Crippen LogP contribution is 2.23. The lowest BCUT2D eigenvalue weighted by Crippen LogP contribution is -2.52. The zero-order valence-corrected chi connectivity index (χ0v) is 19.1. The number of hydrogen-bond donors (Lipinski definition) is 3. The first-order chi connectivity index (χ1) is 14.7. The van der Waals surface area contributed by atoms with E-state index >= 15 is 0 Å². The molecule has 7 nitrogen and oxygen atoms in total. The average Bonchev–Trinajstić information content (AvgIpc) is 3.21. The second kappa shape index (κ2) is 10.1. The first-order valence-corrected chi connectivity index (χ1v) is 10.6. The number of nitrogens with one attached hydrogen (secondary N) is 3. The van der Waals surface area contributed by atoms with E-state index in [2.05, 4.69) is 20.6 Å². The van der Waals surface area contributed by atoms with E-state index in [0.717, 1.165) is 22.2 Å². The number of likely N-dealkylation sites (N-methyl/N-ethyl adjacent to an activating group) is 1. The molecule has 1 aromatic carbocycles. The molecule has 164 valence electrons. The first kappa shape index (κ1) is 23.1. The number of amides is 2. The van der Waals surface area contributed by atoms with E-state index in [1.165, 1.54) is 0 Å². The van der Waals surface area contributed by atoms with Crippen molar-refractivity contribution in [2.24, 2.45) is 0 Å². The molecule has 0 saturated heterocycles. The van der Waals surface area contributed by atoms with Crippen LogP contribution in [0.4, 0.5) is 0 Å². The van der Waals surface area contributed by atoms with E-state index in [1.54, 1.807) is 36.2 Å². The van der Waals surface area contributed by atoms with Gasteiger partial charge in [0.25, 0.3) is 0 Å². The molecule has 3 aromatic rings. The van der Waals surface area contributed by atoms with Crippen LogP contribution in [0.2, 0.25) is 10.0 Å². The van der Waals surface area contributed by atoms with Crippen LogP contribution in [-0.2, 0) is 22.6 Å². The molecule has 0 aliphatic heterocycles. The van der Waals surface area contributed by atoms with Gasteiger partial charge < -0.3 is 15.6 Å². The van der Waals surface area contributed by atoms with Crippen molar-refractivity contribution in [1.29, 1.82) is 0 Å². The minimum atomic E-state index is -0.768. The molecule has 31 heavy (non-hydrogen) atoms. The van der Waals surface area contributed by atoms with E-state index in [9.17, 15) is 9.59 Å². The molecule has 0 aliphatic carbocycles. The van der Waals surface area contributed by atoms with Crippen LogP contribution in [0, 0.1) is 0 Å². The Morgan fingerprint density at radius 1 is 1.10 bits per heavy atom. The number of carbonyl (C=O) groups excluding carboxylic acids is 2. The van der Waals surface area contributed by atoms with Gasteiger partial charge in [-0.25, -0.2) is 4.98 Å². The number of carbonyl (C=O) groups is 2. The van der Waals surface area contributed by atoms with Gasteiger partial charge in [-0.1, -0.05) is 29.3 Å². The van der Waals surface area contributed by atoms with Crippen LogP contribution < -0.4 is 10.6 Å². The standard InChI is InChI=1S/C22H25Cl2N5O2/c1-13(29(2)3)21(30)28-19(10-14-4-5-17(23)18(24)9-14)22(31)27-12-15-8-16-6-7-25-20(16)26-11-15/h4-9,11,13,19H,10,12H2,1-3H3,(H,25,26)(H,27,31)(H,28,30)/t13?,19-/m0/s1. The molecular weight excluding hydrogens is 437 g/mol. The molecule has 0 radical (unpaired) electrons. The van der Waals surface area contributed by atoms with Gasteiger partial charge in [-0.05, 0) is 56.4 Å². The Bertz CT molecular complexity index is 1080. The minimum Gasteiger partial charge on any atom is -0.350 e. The summed E-state index contributed by atoms with van der Waals surface area (Å²) >= 11 is 12.1. The predicted octanol–water partition coefficient (Wildman–Crippen LogP) is 3.16. The Balaban J connectivity index is 1.73. The third-order valence-corrected chi connectivity index (χ3v) is 5.87. The lowest BCUT2D eigenvalue weighted by atomic mass is 10.0. The Hall–Kier alpha value is -2.61. The molecule has 2 aromatic heterocycles. The summed E-state index contributed by atoms with van der Waals surface area (Å²) in [5.74, 6) is -0.528. The van der Waals surface area contributed by atoms with Gasteiger partial charge in [0.2, 0.25) is 11.8 Å². The highest BCUT2D eigenvalue weighted by atomic mass is 35.5. The number of pyridine rings is 1. The monoisotopic (exact) mass is 461 g/mol. The summed E-state index contributed by atoms with van der Waals surface area (Å²) in [5, 5.41) is 7.55. The number of aromatic nitrogens is 2. The molecule has 9 heteroatoms. The molecular formula is C22H25Cl2N5O2. The van der Waals surface area contributed by atoms with Crippen LogP contribution in [0.5, 0.6) is 0 Å². The molecule has 1 unspecified atom stereocenters. The summed E-state index contributed by atoms with van der Waals surface area (Å²) in [4.78, 5) is 34.7. The van der Waals surface area contributed by atoms with Crippen molar-refractivity contribution >= 4 is 46.0 Å². The minimum absolute atomic E-state index is 0.236. The number of aromatic amines is 1. The molecule has 0 aliphatic rings. The summed E-state index contributed by atoms with van der Waals surface area (Å²) in [6.07, 6.45) is 3.80. The van der Waals surface area contributed by atoms with Crippen molar-refractivity contribution in [2.45, 2.75) is 32.0 Å². The second-order valence-corrected chi connectivity index (χ2v) is 8.44. The molecule has 0 saturated carbocycles. The zero-order chi connectivity index (χ0) is 22.5. The number of fused-ring (bicyclic) bond motifs is 1. The van der Waals surface area contributed by atoms with Gasteiger partial charge in [0, 0.05) is 30.7 Å². The number of hydrogen-bond acceptors (Lipinski definition) is 4. The number of nitrogens with zero attached hydrogens (tertiary/aromatic N) is 2. The summed E-state index contributed by atoms with van der Waals surface area (Å²) in [7, 11) is 3.62. The molecule has 2 amide bonds. The van der Waals surface area contributed by atoms with Crippen molar-refractivity contribution in [2.75, 3.05) is 14.1 Å². The Morgan fingerprint density at radius 2 is 1.87 bits per heavy atom. The lowest BCUT2D eigenvalue weighted by Gasteiger charge is -2.24. The molecule has 0 fully saturated rings. The van der Waals surface area contributed by atoms with Crippen LogP contribution in [0.25, 0.3) is 11.0 Å². The maximum Gasteiger partial charge on any atom is 0.243 e. The van der Waals surface area contributed by atoms with Crippen molar-refractivity contribution in [3.8, 4) is 0 Å². The second-order valence-electron chi connectivity index (χ2n) is 7.63. The van der Waals surface area contributed by atoms with Gasteiger partial charge in [0.05, 0.1) is 16.1 Å². The number of rotatable bonds is 8. The zero-order valence-electron chi connectivity index (χ0n) is 17.6. The van der Waals surface area contributed by atoms with E-state index in [1.807, 2.05) is 32.4 Å². The lowest BCUT2D eigenvalue weighted by molar-refractivity contribution is -0.131. The quantitative estimate of drug-likeness (QED) is 0.480. The number of H-pyrrole nitrogens is 1. The topological polar surface area (TPSA) is 90.1 Å². The third-order valence-electron chi connectivity index (χ3n) is 5.13. The molecule has 2 atom stereocenters. The molecule has 2 heterocycles. The fourth-order valence-corrected chi connectivity index (χ4v) is 3.35. The SMILES string of the molecule is CC(C(=O)N[C@@H](Cc1ccc(Cl)c(Cl)c1)C(=O)NCc1cnc2[nH]ccc2c1)N(C)C. The number of benzene rings is 1. The van der Waals surface area contributed by atoms with Gasteiger partial charge in [-0.3, -0.25) is 14.5 Å². The summed E-state index contributed by atoms with van der Waals surface area (Å²) < 4.78 is 0. The predicted molar refractivity (Wildman–Crippen MR) is 123 cm³/mol.